The summed E-state index contributed by atoms with van der Waals surface area (Å²) >= 11 is 0. The van der Waals surface area contributed by atoms with E-state index in [1.807, 2.05) is 0 Å². The summed E-state index contributed by atoms with van der Waals surface area (Å²) in [5, 5.41) is 11.7. The zero-order valence-electron chi connectivity index (χ0n) is 15.0. The second-order valence-corrected chi connectivity index (χ2v) is 7.03. The summed E-state index contributed by atoms with van der Waals surface area (Å²) < 4.78 is 39.6. The van der Waals surface area contributed by atoms with E-state index in [9.17, 15) is 13.2 Å². The van der Waals surface area contributed by atoms with E-state index in [1.54, 1.807) is 0 Å². The van der Waals surface area contributed by atoms with E-state index >= 15 is 0 Å². The van der Waals surface area contributed by atoms with Crippen molar-refractivity contribution in [3.05, 3.63) is 35.7 Å². The van der Waals surface area contributed by atoms with Crippen LogP contribution in [0.25, 0.3) is 5.69 Å². The van der Waals surface area contributed by atoms with Gasteiger partial charge in [-0.3, -0.25) is 4.90 Å². The van der Waals surface area contributed by atoms with Crippen molar-refractivity contribution in [3.8, 4) is 5.69 Å². The first-order chi connectivity index (χ1) is 11.7. The molecule has 0 bridgehead atoms. The summed E-state index contributed by atoms with van der Waals surface area (Å²) in [6.07, 6.45) is -4.35. The molecular formula is C17H24F3N5. The van der Waals surface area contributed by atoms with E-state index in [-0.39, 0.29) is 0 Å². The van der Waals surface area contributed by atoms with E-state index in [1.165, 1.54) is 16.8 Å². The molecular weight excluding hydrogens is 331 g/mol. The largest absolute Gasteiger partial charge is 0.416 e. The van der Waals surface area contributed by atoms with Gasteiger partial charge in [0, 0.05) is 13.1 Å². The highest BCUT2D eigenvalue weighted by Gasteiger charge is 2.30. The molecule has 0 saturated heterocycles. The van der Waals surface area contributed by atoms with Crippen LogP contribution < -0.4 is 0 Å². The fraction of sp³-hybridized carbons (Fsp3) is 0.588. The molecule has 0 amide bonds. The third kappa shape index (κ3) is 5.52. The molecule has 1 heterocycles. The average Bonchev–Trinajstić information content (AvgIpc) is 2.93. The van der Waals surface area contributed by atoms with Crippen molar-refractivity contribution in [2.75, 3.05) is 13.1 Å². The van der Waals surface area contributed by atoms with Crippen LogP contribution in [0.15, 0.2) is 24.3 Å². The lowest BCUT2D eigenvalue weighted by Gasteiger charge is -2.25. The maximum atomic E-state index is 12.7. The number of halogens is 3. The molecule has 2 aromatic rings. The first-order valence-electron chi connectivity index (χ1n) is 8.34. The lowest BCUT2D eigenvalue weighted by Crippen LogP contribution is -2.32. The quantitative estimate of drug-likeness (QED) is 0.758. The van der Waals surface area contributed by atoms with Gasteiger partial charge in [-0.25, -0.2) is 0 Å². The molecule has 0 aliphatic heterocycles. The minimum atomic E-state index is -4.35. The number of benzene rings is 1. The summed E-state index contributed by atoms with van der Waals surface area (Å²) in [5.74, 6) is 1.60. The lowest BCUT2D eigenvalue weighted by atomic mass is 10.1. The van der Waals surface area contributed by atoms with Gasteiger partial charge < -0.3 is 0 Å². The number of hydrogen-bond donors (Lipinski definition) is 0. The molecule has 0 aliphatic rings. The third-order valence-corrected chi connectivity index (χ3v) is 3.59. The second kappa shape index (κ2) is 7.95. The molecule has 1 aromatic heterocycles. The second-order valence-electron chi connectivity index (χ2n) is 7.03. The van der Waals surface area contributed by atoms with Crippen molar-refractivity contribution in [2.45, 2.75) is 40.4 Å². The van der Waals surface area contributed by atoms with Crippen molar-refractivity contribution in [2.24, 2.45) is 11.8 Å². The van der Waals surface area contributed by atoms with Gasteiger partial charge in [0.05, 0.1) is 17.8 Å². The number of nitrogens with zero attached hydrogens (tertiary/aromatic N) is 5. The molecule has 0 atom stereocenters. The molecule has 0 radical (unpaired) electrons. The van der Waals surface area contributed by atoms with E-state index < -0.39 is 11.7 Å². The smallest absolute Gasteiger partial charge is 0.295 e. The van der Waals surface area contributed by atoms with E-state index in [0.29, 0.717) is 29.9 Å². The van der Waals surface area contributed by atoms with Gasteiger partial charge in [-0.2, -0.15) is 17.9 Å². The van der Waals surface area contributed by atoms with Gasteiger partial charge >= 0.3 is 6.18 Å². The Labute approximate surface area is 145 Å². The number of tetrazole rings is 1. The van der Waals surface area contributed by atoms with Crippen LogP contribution >= 0.6 is 0 Å². The maximum Gasteiger partial charge on any atom is 0.416 e. The lowest BCUT2D eigenvalue weighted by molar-refractivity contribution is -0.137. The molecule has 138 valence electrons. The van der Waals surface area contributed by atoms with Gasteiger partial charge in [0.25, 0.3) is 0 Å². The molecule has 0 aliphatic carbocycles. The zero-order chi connectivity index (χ0) is 18.6. The maximum absolute atomic E-state index is 12.7. The SMILES string of the molecule is CC(C)CN(Cc1nnnn1-c1ccc(C(F)(F)F)cc1)CC(C)C. The Kier molecular flexibility index (Phi) is 6.16. The van der Waals surface area contributed by atoms with Crippen molar-refractivity contribution < 1.29 is 13.2 Å². The van der Waals surface area contributed by atoms with Crippen LogP contribution in [-0.4, -0.2) is 38.2 Å². The topological polar surface area (TPSA) is 46.8 Å². The van der Waals surface area contributed by atoms with Gasteiger partial charge in [0.1, 0.15) is 0 Å². The van der Waals surface area contributed by atoms with Crippen LogP contribution in [0.1, 0.15) is 39.1 Å². The van der Waals surface area contributed by atoms with Gasteiger partial charge in [-0.1, -0.05) is 27.7 Å². The van der Waals surface area contributed by atoms with Gasteiger partial charge in [0.15, 0.2) is 5.82 Å². The minimum Gasteiger partial charge on any atom is -0.295 e. The summed E-state index contributed by atoms with van der Waals surface area (Å²) in [4.78, 5) is 2.27. The fourth-order valence-corrected chi connectivity index (χ4v) is 2.73. The van der Waals surface area contributed by atoms with Gasteiger partial charge in [0.2, 0.25) is 0 Å². The zero-order valence-corrected chi connectivity index (χ0v) is 15.0. The van der Waals surface area contributed by atoms with Gasteiger partial charge in [-0.15, -0.1) is 5.10 Å². The van der Waals surface area contributed by atoms with Crippen LogP contribution in [0.3, 0.4) is 0 Å². The van der Waals surface area contributed by atoms with Crippen molar-refractivity contribution in [3.63, 3.8) is 0 Å². The van der Waals surface area contributed by atoms with Crippen LogP contribution in [0.4, 0.5) is 13.2 Å². The molecule has 0 unspecified atom stereocenters. The predicted octanol–water partition coefficient (Wildman–Crippen LogP) is 3.80. The van der Waals surface area contributed by atoms with E-state index in [0.717, 1.165) is 25.2 Å². The Bertz CT molecular complexity index is 652. The van der Waals surface area contributed by atoms with E-state index in [4.69, 9.17) is 0 Å². The normalized spacial score (nSPS) is 12.6. The Hall–Kier alpha value is -1.96. The van der Waals surface area contributed by atoms with Crippen molar-refractivity contribution in [1.82, 2.24) is 25.1 Å². The average molecular weight is 355 g/mol. The molecule has 0 saturated carbocycles. The molecule has 8 heteroatoms. The van der Waals surface area contributed by atoms with Crippen LogP contribution in [0, 0.1) is 11.8 Å². The minimum absolute atomic E-state index is 0.495. The molecule has 1 aromatic carbocycles. The molecule has 25 heavy (non-hydrogen) atoms. The molecule has 5 nitrogen and oxygen atoms in total. The Morgan fingerprint density at radius 3 is 2.04 bits per heavy atom. The summed E-state index contributed by atoms with van der Waals surface area (Å²) in [6.45, 7) is 10.9. The fourth-order valence-electron chi connectivity index (χ4n) is 2.73. The van der Waals surface area contributed by atoms with Gasteiger partial charge in [-0.05, 0) is 46.5 Å². The molecule has 0 N–H and O–H groups in total. The van der Waals surface area contributed by atoms with Crippen molar-refractivity contribution in [1.29, 1.82) is 0 Å². The Morgan fingerprint density at radius 2 is 1.56 bits per heavy atom. The van der Waals surface area contributed by atoms with Crippen LogP contribution in [0.5, 0.6) is 0 Å². The Morgan fingerprint density at radius 1 is 1.00 bits per heavy atom. The van der Waals surface area contributed by atoms with Crippen LogP contribution in [-0.2, 0) is 12.7 Å². The third-order valence-electron chi connectivity index (χ3n) is 3.59. The summed E-state index contributed by atoms with van der Waals surface area (Å²) in [6, 6.07) is 4.86. The standard InChI is InChI=1S/C17H24F3N5/c1-12(2)9-24(10-13(3)4)11-16-21-22-23-25(16)15-7-5-14(6-8-15)17(18,19)20/h5-8,12-13H,9-11H2,1-4H3. The highest BCUT2D eigenvalue weighted by Crippen LogP contribution is 2.29. The number of aromatic nitrogens is 4. The monoisotopic (exact) mass is 355 g/mol. The first-order valence-corrected chi connectivity index (χ1v) is 8.34. The number of alkyl halides is 3. The molecule has 0 spiro atoms. The predicted molar refractivity (Wildman–Crippen MR) is 89.1 cm³/mol. The van der Waals surface area contributed by atoms with Crippen LogP contribution in [0.2, 0.25) is 0 Å². The number of hydrogen-bond acceptors (Lipinski definition) is 4. The summed E-state index contributed by atoms with van der Waals surface area (Å²) in [7, 11) is 0. The highest BCUT2D eigenvalue weighted by atomic mass is 19.4. The first kappa shape index (κ1) is 19.4. The highest BCUT2D eigenvalue weighted by molar-refractivity contribution is 5.35. The van der Waals surface area contributed by atoms with Crippen molar-refractivity contribution >= 4 is 0 Å². The molecule has 2 rings (SSSR count). The number of rotatable bonds is 7. The summed E-state index contributed by atoms with van der Waals surface area (Å²) in [5.41, 5.74) is -0.172. The van der Waals surface area contributed by atoms with E-state index in [2.05, 4.69) is 48.1 Å². The molecule has 0 fully saturated rings. The Balaban J connectivity index is 2.21.